The van der Waals surface area contributed by atoms with Gasteiger partial charge >= 0.3 is 11.9 Å². The molecule has 31 nitrogen and oxygen atoms in total. The summed E-state index contributed by atoms with van der Waals surface area (Å²) in [4.78, 5) is 158. The number of aliphatic hydroxyl groups is 1. The van der Waals surface area contributed by atoms with Gasteiger partial charge in [-0.05, 0) is 44.4 Å². The maximum Gasteiger partial charge on any atom is 0.326 e. The quantitative estimate of drug-likeness (QED) is 0.0149. The molecule has 78 heavy (non-hydrogen) atoms. The van der Waals surface area contributed by atoms with Crippen molar-refractivity contribution in [3.8, 4) is 0 Å². The lowest BCUT2D eigenvalue weighted by molar-refractivity contribution is -0.143. The van der Waals surface area contributed by atoms with Crippen molar-refractivity contribution in [2.24, 2.45) is 34.0 Å². The summed E-state index contributed by atoms with van der Waals surface area (Å²) in [6, 6.07) is -12.8. The van der Waals surface area contributed by atoms with E-state index in [1.807, 2.05) is 0 Å². The van der Waals surface area contributed by atoms with E-state index in [0.717, 1.165) is 0 Å². The van der Waals surface area contributed by atoms with Crippen LogP contribution in [0.4, 0.5) is 0 Å². The molecule has 3 aromatic rings. The van der Waals surface area contributed by atoms with Gasteiger partial charge in [0.2, 0.25) is 47.3 Å². The van der Waals surface area contributed by atoms with E-state index in [1.54, 1.807) is 27.7 Å². The molecule has 0 aromatic carbocycles. The molecule has 0 aliphatic carbocycles. The number of hydrogen-bond acceptors (Lipinski definition) is 16. The Kier molecular flexibility index (Phi) is 26.3. The van der Waals surface area contributed by atoms with Gasteiger partial charge in [-0.1, -0.05) is 34.1 Å². The fourth-order valence-electron chi connectivity index (χ4n) is 7.56. The maximum atomic E-state index is 14.3. The number of aliphatic carboxylic acids is 2. The Balaban J connectivity index is 1.85. The Bertz CT molecular complexity index is 2470. The summed E-state index contributed by atoms with van der Waals surface area (Å²) in [7, 11) is 0. The molecule has 0 bridgehead atoms. The lowest BCUT2D eigenvalue weighted by atomic mass is 9.97. The van der Waals surface area contributed by atoms with Gasteiger partial charge in [0, 0.05) is 67.9 Å². The number of carbonyl (C=O) groups is 10. The third-order valence-corrected chi connectivity index (χ3v) is 12.1. The summed E-state index contributed by atoms with van der Waals surface area (Å²) in [6.45, 7) is 7.24. The molecule has 0 aliphatic heterocycles. The van der Waals surface area contributed by atoms with Gasteiger partial charge in [-0.3, -0.25) is 48.1 Å². The molecule has 3 heterocycles. The molecule has 0 spiro atoms. The van der Waals surface area contributed by atoms with Crippen LogP contribution in [0.15, 0.2) is 42.6 Å². The number of nitrogens with zero attached hydrogens (tertiary/aromatic N) is 4. The highest BCUT2D eigenvalue weighted by atomic mass is 16.4. The minimum atomic E-state index is -1.68. The maximum absolute atomic E-state index is 14.3. The van der Waals surface area contributed by atoms with E-state index < -0.39 is 139 Å². The molecule has 0 radical (unpaired) electrons. The number of aliphatic imine (C=N–C) groups is 1. The zero-order chi connectivity index (χ0) is 58.1. The number of aliphatic hydroxyl groups excluding tert-OH is 1. The van der Waals surface area contributed by atoms with Gasteiger partial charge < -0.3 is 90.0 Å². The first-order valence-corrected chi connectivity index (χ1v) is 25.1. The lowest BCUT2D eigenvalue weighted by Crippen LogP contribution is -2.61. The first-order chi connectivity index (χ1) is 36.9. The zero-order valence-electron chi connectivity index (χ0n) is 44.0. The van der Waals surface area contributed by atoms with E-state index in [9.17, 15) is 63.3 Å². The van der Waals surface area contributed by atoms with Crippen LogP contribution >= 0.6 is 0 Å². The SMILES string of the molecule is CC[C@H](C)[C@H](NC(=O)[C@H](Cc1cnc[nH]1)NC(=O)[C@H](CCC(=O)O)NC(=O)[C@H](CC(C)C)NC(=O)[C@H](Cc1cnc[nH]1)NC(=O)[C@H](C)NC(=O)[C@@H](N)Cc1cnc[nH]1)C(=O)N[C@@H](CO)C(=O)N[C@@H](CCCN=C(N)N)C(=O)O. The number of H-pyrrole nitrogens is 3. The van der Waals surface area contributed by atoms with Crippen molar-refractivity contribution >= 4 is 65.2 Å². The molecule has 8 amide bonds. The molecule has 430 valence electrons. The lowest BCUT2D eigenvalue weighted by Gasteiger charge is -2.29. The highest BCUT2D eigenvalue weighted by Crippen LogP contribution is 2.13. The van der Waals surface area contributed by atoms with Gasteiger partial charge in [0.1, 0.15) is 48.3 Å². The average Bonchev–Trinajstić information content (AvgIpc) is 4.22. The van der Waals surface area contributed by atoms with Crippen molar-refractivity contribution in [3.63, 3.8) is 0 Å². The van der Waals surface area contributed by atoms with Crippen LogP contribution < -0.4 is 59.7 Å². The zero-order valence-corrected chi connectivity index (χ0v) is 44.0. The number of amides is 8. The Labute approximate surface area is 448 Å². The Morgan fingerprint density at radius 2 is 1.04 bits per heavy atom. The number of hydrogen-bond donors (Lipinski definition) is 17. The second kappa shape index (κ2) is 32.2. The average molecular weight is 1100 g/mol. The molecule has 0 saturated heterocycles. The normalized spacial score (nSPS) is 15.0. The van der Waals surface area contributed by atoms with Crippen LogP contribution in [-0.2, 0) is 67.2 Å². The first kappa shape index (κ1) is 63.8. The fraction of sp³-hybridized carbons (Fsp3) is 0.574. The number of carboxylic acid groups (broad SMARTS) is 2. The summed E-state index contributed by atoms with van der Waals surface area (Å²) >= 11 is 0. The summed E-state index contributed by atoms with van der Waals surface area (Å²) in [5.74, 6) is -11.2. The minimum Gasteiger partial charge on any atom is -0.481 e. The highest BCUT2D eigenvalue weighted by molar-refractivity contribution is 5.98. The number of carbonyl (C=O) groups excluding carboxylic acids is 8. The molecule has 0 fully saturated rings. The number of aromatic nitrogens is 6. The van der Waals surface area contributed by atoms with Crippen molar-refractivity contribution in [2.45, 2.75) is 147 Å². The van der Waals surface area contributed by atoms with Crippen molar-refractivity contribution in [3.05, 3.63) is 54.7 Å². The van der Waals surface area contributed by atoms with E-state index in [0.29, 0.717) is 17.1 Å². The van der Waals surface area contributed by atoms with E-state index in [2.05, 4.69) is 77.4 Å². The van der Waals surface area contributed by atoms with Crippen LogP contribution in [0, 0.1) is 11.8 Å². The number of imidazole rings is 3. The second-order valence-electron chi connectivity index (χ2n) is 19.0. The molecular weight excluding hydrogens is 1020 g/mol. The molecule has 20 N–H and O–H groups in total. The van der Waals surface area contributed by atoms with Gasteiger partial charge in [0.15, 0.2) is 5.96 Å². The Hall–Kier alpha value is -8.48. The molecule has 0 unspecified atom stereocenters. The topological polar surface area (TPSA) is 504 Å². The number of aromatic amines is 3. The number of nitrogens with one attached hydrogen (secondary N) is 11. The van der Waals surface area contributed by atoms with Crippen LogP contribution in [0.25, 0.3) is 0 Å². The van der Waals surface area contributed by atoms with Crippen molar-refractivity contribution in [1.82, 2.24) is 72.4 Å². The number of carboxylic acids is 2. The predicted molar refractivity (Wildman–Crippen MR) is 276 cm³/mol. The van der Waals surface area contributed by atoms with Crippen LogP contribution in [0.2, 0.25) is 0 Å². The van der Waals surface area contributed by atoms with Crippen molar-refractivity contribution in [1.29, 1.82) is 0 Å². The minimum absolute atomic E-state index is 0.0280. The number of guanidine groups is 1. The predicted octanol–water partition coefficient (Wildman–Crippen LogP) is -4.80. The first-order valence-electron chi connectivity index (χ1n) is 25.1. The standard InChI is InChI=1S/C47H74N18O13/c1-6-24(4)37(45(76)64-35(19-66)44(75)60-31(46(77)78)8-7-11-54-47(49)50)65-43(74)34(15-28-18-53-22-57-28)63-40(71)30(9-10-36(67)68)59-41(72)32(12-23(2)3)62-42(73)33(14-27-17-52-21-56-27)61-38(69)25(5)58-39(70)29(48)13-26-16-51-20-55-26/h16-18,20-25,29-35,37,66H,6-15,19,48H2,1-5H3,(H,51,55)(H,52,56)(H,53,57)(H,58,70)(H,59,72)(H,60,75)(H,61,69)(H,62,73)(H,63,71)(H,64,76)(H,65,74)(H,67,68)(H,77,78)(H4,49,50,54)/t24-,25-,29-,30-,31-,32-,33-,34-,35-,37-/m0/s1. The van der Waals surface area contributed by atoms with Crippen molar-refractivity contribution < 1.29 is 63.3 Å². The van der Waals surface area contributed by atoms with E-state index in [1.165, 1.54) is 44.5 Å². The Morgan fingerprint density at radius 1 is 0.577 bits per heavy atom. The van der Waals surface area contributed by atoms with Gasteiger partial charge in [-0.2, -0.15) is 0 Å². The van der Waals surface area contributed by atoms with Crippen molar-refractivity contribution in [2.75, 3.05) is 13.2 Å². The van der Waals surface area contributed by atoms with Crippen LogP contribution in [-0.4, -0.2) is 178 Å². The molecule has 31 heteroatoms. The largest absolute Gasteiger partial charge is 0.481 e. The van der Waals surface area contributed by atoms with Crippen LogP contribution in [0.1, 0.15) is 90.2 Å². The fourth-order valence-corrected chi connectivity index (χ4v) is 7.56. The highest BCUT2D eigenvalue weighted by Gasteiger charge is 2.36. The monoisotopic (exact) mass is 1100 g/mol. The van der Waals surface area contributed by atoms with Gasteiger partial charge in [-0.15, -0.1) is 0 Å². The molecule has 10 atom stereocenters. The Morgan fingerprint density at radius 3 is 1.53 bits per heavy atom. The van der Waals surface area contributed by atoms with Gasteiger partial charge in [0.25, 0.3) is 0 Å². The third-order valence-electron chi connectivity index (χ3n) is 12.1. The van der Waals surface area contributed by atoms with Gasteiger partial charge in [-0.25, -0.2) is 19.7 Å². The summed E-state index contributed by atoms with van der Waals surface area (Å²) < 4.78 is 0. The second-order valence-corrected chi connectivity index (χ2v) is 19.0. The van der Waals surface area contributed by atoms with Crippen LogP contribution in [0.5, 0.6) is 0 Å². The number of rotatable bonds is 35. The molecular formula is C47H74N18O13. The van der Waals surface area contributed by atoms with Gasteiger partial charge in [0.05, 0.1) is 31.6 Å². The number of nitrogens with two attached hydrogens (primary N) is 3. The van der Waals surface area contributed by atoms with E-state index in [4.69, 9.17) is 17.2 Å². The third kappa shape index (κ3) is 22.0. The van der Waals surface area contributed by atoms with Crippen LogP contribution in [0.3, 0.4) is 0 Å². The van der Waals surface area contributed by atoms with E-state index >= 15 is 0 Å². The molecule has 0 aliphatic rings. The van der Waals surface area contributed by atoms with E-state index in [-0.39, 0.29) is 63.4 Å². The summed E-state index contributed by atoms with van der Waals surface area (Å²) in [6.07, 6.45) is 7.08. The summed E-state index contributed by atoms with van der Waals surface area (Å²) in [5, 5.41) is 49.5. The smallest absolute Gasteiger partial charge is 0.326 e. The summed E-state index contributed by atoms with van der Waals surface area (Å²) in [5.41, 5.74) is 18.0. The molecule has 3 aromatic heterocycles. The molecule has 3 rings (SSSR count). The molecule has 0 saturated carbocycles.